The number of aromatic amines is 1. The Morgan fingerprint density at radius 2 is 1.76 bits per heavy atom. The molecule has 3 aromatic rings. The zero-order valence-electron chi connectivity index (χ0n) is 17.5. The molecule has 5 nitrogen and oxygen atoms in total. The van der Waals surface area contributed by atoms with Gasteiger partial charge in [-0.15, -0.1) is 0 Å². The number of Topliss-reactive ketones (excluding diaryl/α,β-unsaturated/α-hetero) is 1. The lowest BCUT2D eigenvalue weighted by atomic mass is 10.0. The second-order valence-corrected chi connectivity index (χ2v) is 7.36. The molecule has 5 heteroatoms. The molecule has 0 spiro atoms. The molecule has 0 amide bonds. The normalized spacial score (nSPS) is 11.7. The lowest BCUT2D eigenvalue weighted by Gasteiger charge is -2.17. The second kappa shape index (κ2) is 8.86. The number of rotatable bonds is 8. The largest absolute Gasteiger partial charge is 0.493 e. The van der Waals surface area contributed by atoms with E-state index in [0.717, 1.165) is 16.5 Å². The minimum absolute atomic E-state index is 0.0951. The maximum absolute atomic E-state index is 13.1. The van der Waals surface area contributed by atoms with Gasteiger partial charge in [0.25, 0.3) is 0 Å². The Morgan fingerprint density at radius 3 is 2.38 bits per heavy atom. The molecule has 152 valence electrons. The number of fused-ring (bicyclic) bond motifs is 1. The zero-order valence-corrected chi connectivity index (χ0v) is 17.5. The fourth-order valence-corrected chi connectivity index (χ4v) is 3.14. The van der Waals surface area contributed by atoms with Crippen molar-refractivity contribution in [1.29, 1.82) is 0 Å². The summed E-state index contributed by atoms with van der Waals surface area (Å²) in [5.41, 5.74) is 3.12. The molecule has 0 fully saturated rings. The van der Waals surface area contributed by atoms with Crippen molar-refractivity contribution in [2.45, 2.75) is 20.8 Å². The van der Waals surface area contributed by atoms with E-state index in [0.29, 0.717) is 40.9 Å². The van der Waals surface area contributed by atoms with Crippen molar-refractivity contribution in [1.82, 2.24) is 4.98 Å². The van der Waals surface area contributed by atoms with Crippen LogP contribution in [0.3, 0.4) is 0 Å². The molecule has 3 rings (SSSR count). The van der Waals surface area contributed by atoms with Crippen LogP contribution in [0.4, 0.5) is 0 Å². The summed E-state index contributed by atoms with van der Waals surface area (Å²) in [5.74, 6) is 1.73. The molecule has 2 aromatic carbocycles. The van der Waals surface area contributed by atoms with Crippen molar-refractivity contribution in [3.05, 3.63) is 59.3 Å². The maximum atomic E-state index is 13.1. The van der Waals surface area contributed by atoms with E-state index in [1.165, 1.54) is 0 Å². The SMILES string of the molecule is COc1cc(C(=O)/C(C)=C/c2c[nH]c3ccccc23)cc(OC)c1OCC(C)C. The van der Waals surface area contributed by atoms with Crippen LogP contribution in [0, 0.1) is 5.92 Å². The summed E-state index contributed by atoms with van der Waals surface area (Å²) in [4.78, 5) is 16.3. The standard InChI is InChI=1S/C24H27NO4/c1-15(2)14-29-24-21(27-4)11-17(12-22(24)28-5)23(26)16(3)10-18-13-25-20-9-7-6-8-19(18)20/h6-13,15,25H,14H2,1-5H3/b16-10+. The van der Waals surface area contributed by atoms with Crippen molar-refractivity contribution < 1.29 is 19.0 Å². The van der Waals surface area contributed by atoms with E-state index in [2.05, 4.69) is 18.8 Å². The average molecular weight is 393 g/mol. The Kier molecular flexibility index (Phi) is 6.27. The lowest BCUT2D eigenvalue weighted by Crippen LogP contribution is -2.08. The van der Waals surface area contributed by atoms with Crippen LogP contribution in [-0.2, 0) is 0 Å². The fraction of sp³-hybridized carbons (Fsp3) is 0.292. The van der Waals surface area contributed by atoms with E-state index in [1.807, 2.05) is 43.5 Å². The molecule has 29 heavy (non-hydrogen) atoms. The van der Waals surface area contributed by atoms with Crippen LogP contribution in [0.1, 0.15) is 36.7 Å². The van der Waals surface area contributed by atoms with Gasteiger partial charge in [-0.25, -0.2) is 0 Å². The number of benzene rings is 2. The van der Waals surface area contributed by atoms with E-state index in [-0.39, 0.29) is 5.78 Å². The molecule has 0 aliphatic carbocycles. The van der Waals surface area contributed by atoms with Crippen LogP contribution in [-0.4, -0.2) is 31.6 Å². The summed E-state index contributed by atoms with van der Waals surface area (Å²) in [6.07, 6.45) is 3.80. The number of carbonyl (C=O) groups excluding carboxylic acids is 1. The van der Waals surface area contributed by atoms with E-state index < -0.39 is 0 Å². The molecule has 1 aromatic heterocycles. The molecular formula is C24H27NO4. The minimum atomic E-state index is -0.0951. The molecule has 0 radical (unpaired) electrons. The highest BCUT2D eigenvalue weighted by molar-refractivity contribution is 6.12. The van der Waals surface area contributed by atoms with Crippen LogP contribution in [0.15, 0.2) is 48.2 Å². The number of para-hydroxylation sites is 1. The van der Waals surface area contributed by atoms with E-state index >= 15 is 0 Å². The number of ketones is 1. The summed E-state index contributed by atoms with van der Waals surface area (Å²) in [6, 6.07) is 11.4. The number of nitrogens with one attached hydrogen (secondary N) is 1. The molecule has 0 unspecified atom stereocenters. The summed E-state index contributed by atoms with van der Waals surface area (Å²) < 4.78 is 16.8. The third kappa shape index (κ3) is 4.45. The van der Waals surface area contributed by atoms with Gasteiger partial charge in [0.05, 0.1) is 20.8 Å². The Morgan fingerprint density at radius 1 is 1.10 bits per heavy atom. The first-order chi connectivity index (χ1) is 13.9. The first kappa shape index (κ1) is 20.5. The van der Waals surface area contributed by atoms with Crippen molar-refractivity contribution >= 4 is 22.8 Å². The van der Waals surface area contributed by atoms with Crippen LogP contribution in [0.2, 0.25) is 0 Å². The van der Waals surface area contributed by atoms with Gasteiger partial charge in [-0.05, 0) is 42.7 Å². The minimum Gasteiger partial charge on any atom is -0.493 e. The monoisotopic (exact) mass is 393 g/mol. The fourth-order valence-electron chi connectivity index (χ4n) is 3.14. The molecule has 1 heterocycles. The zero-order chi connectivity index (χ0) is 21.0. The summed E-state index contributed by atoms with van der Waals surface area (Å²) in [7, 11) is 3.11. The first-order valence-electron chi connectivity index (χ1n) is 9.62. The van der Waals surface area contributed by atoms with E-state index in [9.17, 15) is 4.79 Å². The van der Waals surface area contributed by atoms with Gasteiger partial charge in [-0.3, -0.25) is 4.79 Å². The van der Waals surface area contributed by atoms with E-state index in [4.69, 9.17) is 14.2 Å². The Balaban J connectivity index is 1.95. The number of hydrogen-bond donors (Lipinski definition) is 1. The van der Waals surface area contributed by atoms with Crippen LogP contribution < -0.4 is 14.2 Å². The van der Waals surface area contributed by atoms with Gasteiger partial charge >= 0.3 is 0 Å². The predicted octanol–water partition coefficient (Wildman–Crippen LogP) is 5.51. The molecule has 0 aliphatic rings. The Hall–Kier alpha value is -3.21. The lowest BCUT2D eigenvalue weighted by molar-refractivity contribution is 0.103. The van der Waals surface area contributed by atoms with Crippen LogP contribution in [0.25, 0.3) is 17.0 Å². The number of carbonyl (C=O) groups is 1. The predicted molar refractivity (Wildman–Crippen MR) is 116 cm³/mol. The number of aromatic nitrogens is 1. The number of hydrogen-bond acceptors (Lipinski definition) is 4. The van der Waals surface area contributed by atoms with Crippen molar-refractivity contribution in [2.24, 2.45) is 5.92 Å². The third-order valence-corrected chi connectivity index (χ3v) is 4.64. The van der Waals surface area contributed by atoms with Gasteiger partial charge in [0.2, 0.25) is 5.75 Å². The van der Waals surface area contributed by atoms with Gasteiger partial charge in [-0.2, -0.15) is 0 Å². The molecule has 1 N–H and O–H groups in total. The van der Waals surface area contributed by atoms with Gasteiger partial charge in [0, 0.05) is 28.2 Å². The van der Waals surface area contributed by atoms with Crippen LogP contribution in [0.5, 0.6) is 17.2 Å². The highest BCUT2D eigenvalue weighted by Crippen LogP contribution is 2.39. The second-order valence-electron chi connectivity index (χ2n) is 7.36. The van der Waals surface area contributed by atoms with Crippen molar-refractivity contribution in [3.8, 4) is 17.2 Å². The highest BCUT2D eigenvalue weighted by atomic mass is 16.5. The summed E-state index contributed by atoms with van der Waals surface area (Å²) in [6.45, 7) is 6.47. The highest BCUT2D eigenvalue weighted by Gasteiger charge is 2.19. The summed E-state index contributed by atoms with van der Waals surface area (Å²) >= 11 is 0. The van der Waals surface area contributed by atoms with Gasteiger partial charge in [-0.1, -0.05) is 32.0 Å². The van der Waals surface area contributed by atoms with Crippen LogP contribution >= 0.6 is 0 Å². The molecule has 0 atom stereocenters. The number of H-pyrrole nitrogens is 1. The molecule has 0 saturated carbocycles. The maximum Gasteiger partial charge on any atom is 0.203 e. The van der Waals surface area contributed by atoms with E-state index in [1.54, 1.807) is 26.4 Å². The topological polar surface area (TPSA) is 60.6 Å². The average Bonchev–Trinajstić information content (AvgIpc) is 3.13. The molecule has 0 aliphatic heterocycles. The Bertz CT molecular complexity index is 1020. The smallest absolute Gasteiger partial charge is 0.203 e. The first-order valence-corrected chi connectivity index (χ1v) is 9.62. The number of methoxy groups -OCH3 is 2. The van der Waals surface area contributed by atoms with Crippen molar-refractivity contribution in [2.75, 3.05) is 20.8 Å². The summed E-state index contributed by atoms with van der Waals surface area (Å²) in [5, 5.41) is 1.08. The van der Waals surface area contributed by atoms with Crippen molar-refractivity contribution in [3.63, 3.8) is 0 Å². The molecule has 0 bridgehead atoms. The Labute approximate surface area is 171 Å². The van der Waals surface area contributed by atoms with Gasteiger partial charge in [0.15, 0.2) is 17.3 Å². The third-order valence-electron chi connectivity index (χ3n) is 4.64. The quantitative estimate of drug-likeness (QED) is 0.405. The van der Waals surface area contributed by atoms with Gasteiger partial charge in [0.1, 0.15) is 0 Å². The van der Waals surface area contributed by atoms with Gasteiger partial charge < -0.3 is 19.2 Å². The number of ether oxygens (including phenoxy) is 3. The number of allylic oxidation sites excluding steroid dienone is 1. The molecule has 0 saturated heterocycles. The molecular weight excluding hydrogens is 366 g/mol.